The second kappa shape index (κ2) is 5.78. The van der Waals surface area contributed by atoms with Crippen molar-refractivity contribution < 1.29 is 23.8 Å². The van der Waals surface area contributed by atoms with Gasteiger partial charge in [-0.2, -0.15) is 0 Å². The Labute approximate surface area is 130 Å². The molecule has 0 fully saturated rings. The summed E-state index contributed by atoms with van der Waals surface area (Å²) in [4.78, 5) is 11.1. The summed E-state index contributed by atoms with van der Waals surface area (Å²) in [6, 6.07) is 11.5. The van der Waals surface area contributed by atoms with Crippen molar-refractivity contribution in [1.29, 1.82) is 0 Å². The monoisotopic (exact) mass is 314 g/mol. The van der Waals surface area contributed by atoms with Crippen molar-refractivity contribution in [3.05, 3.63) is 71.3 Å². The molecular weight excluding hydrogens is 302 g/mol. The standard InChI is InChI=1S/C18H12F2O3/c19-15-6-10(9-21)7-16(20)17(15)13-3-1-2-11-4-5-12(18(22)23)8-14(11)13/h1-8,21H,9H2,(H,22,23). The van der Waals surface area contributed by atoms with Crippen LogP contribution >= 0.6 is 0 Å². The number of hydrogen-bond acceptors (Lipinski definition) is 2. The molecule has 3 aromatic carbocycles. The van der Waals surface area contributed by atoms with Crippen LogP contribution in [0.15, 0.2) is 48.5 Å². The molecule has 5 heteroatoms. The van der Waals surface area contributed by atoms with Gasteiger partial charge in [0.2, 0.25) is 0 Å². The molecule has 23 heavy (non-hydrogen) atoms. The molecule has 0 bridgehead atoms. The van der Waals surface area contributed by atoms with Crippen LogP contribution in [-0.4, -0.2) is 16.2 Å². The molecule has 3 rings (SSSR count). The zero-order valence-electron chi connectivity index (χ0n) is 11.9. The summed E-state index contributed by atoms with van der Waals surface area (Å²) in [5.41, 5.74) is 0.202. The van der Waals surface area contributed by atoms with Gasteiger partial charge in [0.25, 0.3) is 0 Å². The van der Waals surface area contributed by atoms with Gasteiger partial charge in [0.1, 0.15) is 11.6 Å². The third-order valence-corrected chi connectivity index (χ3v) is 3.68. The number of rotatable bonds is 3. The molecule has 3 nitrogen and oxygen atoms in total. The molecule has 0 aromatic heterocycles. The molecule has 116 valence electrons. The van der Waals surface area contributed by atoms with Crippen LogP contribution in [0, 0.1) is 11.6 Å². The molecule has 0 aliphatic heterocycles. The Bertz CT molecular complexity index is 896. The van der Waals surface area contributed by atoms with Gasteiger partial charge in [-0.05, 0) is 46.2 Å². The van der Waals surface area contributed by atoms with E-state index in [2.05, 4.69) is 0 Å². The maximum absolute atomic E-state index is 14.3. The van der Waals surface area contributed by atoms with E-state index >= 15 is 0 Å². The molecule has 0 atom stereocenters. The highest BCUT2D eigenvalue weighted by atomic mass is 19.1. The summed E-state index contributed by atoms with van der Waals surface area (Å²) in [6.07, 6.45) is 0. The Morgan fingerprint density at radius 1 is 1.00 bits per heavy atom. The number of aliphatic hydroxyl groups is 1. The Balaban J connectivity index is 2.32. The lowest BCUT2D eigenvalue weighted by atomic mass is 9.95. The van der Waals surface area contributed by atoms with Crippen molar-refractivity contribution in [2.45, 2.75) is 6.61 Å². The Morgan fingerprint density at radius 2 is 1.70 bits per heavy atom. The van der Waals surface area contributed by atoms with Crippen LogP contribution in [0.2, 0.25) is 0 Å². The van der Waals surface area contributed by atoms with Crippen molar-refractivity contribution in [3.63, 3.8) is 0 Å². The second-order valence-corrected chi connectivity index (χ2v) is 5.14. The quantitative estimate of drug-likeness (QED) is 0.769. The van der Waals surface area contributed by atoms with E-state index in [4.69, 9.17) is 10.2 Å². The van der Waals surface area contributed by atoms with Crippen LogP contribution in [0.25, 0.3) is 21.9 Å². The number of halogens is 2. The molecule has 0 amide bonds. The normalized spacial score (nSPS) is 10.9. The number of fused-ring (bicyclic) bond motifs is 1. The molecule has 3 aromatic rings. The fourth-order valence-corrected chi connectivity index (χ4v) is 2.60. The van der Waals surface area contributed by atoms with Crippen molar-refractivity contribution in [3.8, 4) is 11.1 Å². The molecule has 0 saturated carbocycles. The van der Waals surface area contributed by atoms with E-state index in [9.17, 15) is 13.6 Å². The smallest absolute Gasteiger partial charge is 0.335 e. The number of carbonyl (C=O) groups is 1. The minimum Gasteiger partial charge on any atom is -0.478 e. The predicted molar refractivity (Wildman–Crippen MR) is 82.2 cm³/mol. The fourth-order valence-electron chi connectivity index (χ4n) is 2.60. The van der Waals surface area contributed by atoms with Gasteiger partial charge in [0.05, 0.1) is 17.7 Å². The largest absolute Gasteiger partial charge is 0.478 e. The number of aromatic carboxylic acids is 1. The summed E-state index contributed by atoms with van der Waals surface area (Å²) in [6.45, 7) is -0.465. The summed E-state index contributed by atoms with van der Waals surface area (Å²) < 4.78 is 28.6. The molecule has 0 spiro atoms. The van der Waals surface area contributed by atoms with Gasteiger partial charge in [-0.25, -0.2) is 13.6 Å². The Kier molecular flexibility index (Phi) is 3.80. The van der Waals surface area contributed by atoms with Gasteiger partial charge >= 0.3 is 5.97 Å². The average Bonchev–Trinajstić information content (AvgIpc) is 2.53. The molecule has 0 radical (unpaired) electrons. The second-order valence-electron chi connectivity index (χ2n) is 5.14. The van der Waals surface area contributed by atoms with Gasteiger partial charge in [0.15, 0.2) is 0 Å². The molecule has 0 heterocycles. The van der Waals surface area contributed by atoms with Gasteiger partial charge in [0, 0.05) is 0 Å². The van der Waals surface area contributed by atoms with Gasteiger partial charge in [-0.1, -0.05) is 24.3 Å². The fraction of sp³-hybridized carbons (Fsp3) is 0.0556. The van der Waals surface area contributed by atoms with Crippen LogP contribution in [0.1, 0.15) is 15.9 Å². The minimum absolute atomic E-state index is 0.0396. The van der Waals surface area contributed by atoms with E-state index in [0.717, 1.165) is 12.1 Å². The van der Waals surface area contributed by atoms with Crippen molar-refractivity contribution in [1.82, 2.24) is 0 Å². The summed E-state index contributed by atoms with van der Waals surface area (Å²) in [7, 11) is 0. The number of carboxylic acids is 1. The first-order valence-corrected chi connectivity index (χ1v) is 6.86. The molecule has 0 unspecified atom stereocenters. The predicted octanol–water partition coefficient (Wildman–Crippen LogP) is 3.98. The zero-order valence-corrected chi connectivity index (χ0v) is 11.9. The minimum atomic E-state index is -1.11. The van der Waals surface area contributed by atoms with Crippen LogP contribution in [-0.2, 0) is 6.61 Å². The third-order valence-electron chi connectivity index (χ3n) is 3.68. The lowest BCUT2D eigenvalue weighted by molar-refractivity contribution is 0.0697. The SMILES string of the molecule is O=C(O)c1ccc2cccc(-c3c(F)cc(CO)cc3F)c2c1. The molecule has 0 saturated heterocycles. The van der Waals surface area contributed by atoms with Crippen molar-refractivity contribution >= 4 is 16.7 Å². The van der Waals surface area contributed by atoms with E-state index in [1.165, 1.54) is 18.2 Å². The maximum Gasteiger partial charge on any atom is 0.335 e. The van der Waals surface area contributed by atoms with Crippen molar-refractivity contribution in [2.75, 3.05) is 0 Å². The Morgan fingerprint density at radius 3 is 2.30 bits per heavy atom. The van der Waals surface area contributed by atoms with E-state index in [-0.39, 0.29) is 22.3 Å². The van der Waals surface area contributed by atoms with Crippen LogP contribution in [0.5, 0.6) is 0 Å². The highest BCUT2D eigenvalue weighted by Gasteiger charge is 2.16. The molecule has 0 aliphatic rings. The zero-order chi connectivity index (χ0) is 16.6. The average molecular weight is 314 g/mol. The van der Waals surface area contributed by atoms with E-state index in [1.54, 1.807) is 18.2 Å². The summed E-state index contributed by atoms with van der Waals surface area (Å²) in [5, 5.41) is 19.3. The lowest BCUT2D eigenvalue weighted by Crippen LogP contribution is -1.98. The van der Waals surface area contributed by atoms with Gasteiger partial charge in [-0.3, -0.25) is 0 Å². The topological polar surface area (TPSA) is 57.5 Å². The summed E-state index contributed by atoms with van der Waals surface area (Å²) in [5.74, 6) is -2.72. The molecule has 0 aliphatic carbocycles. The maximum atomic E-state index is 14.3. The number of benzene rings is 3. The van der Waals surface area contributed by atoms with Crippen LogP contribution in [0.4, 0.5) is 8.78 Å². The lowest BCUT2D eigenvalue weighted by Gasteiger charge is -2.11. The van der Waals surface area contributed by atoms with Crippen LogP contribution in [0.3, 0.4) is 0 Å². The highest BCUT2D eigenvalue weighted by molar-refractivity contribution is 6.01. The number of carboxylic acid groups (broad SMARTS) is 1. The van der Waals surface area contributed by atoms with Gasteiger partial charge < -0.3 is 10.2 Å². The first-order valence-electron chi connectivity index (χ1n) is 6.86. The van der Waals surface area contributed by atoms with E-state index < -0.39 is 24.2 Å². The first kappa shape index (κ1) is 15.1. The summed E-state index contributed by atoms with van der Waals surface area (Å²) >= 11 is 0. The van der Waals surface area contributed by atoms with Crippen LogP contribution < -0.4 is 0 Å². The molecule has 2 N–H and O–H groups in total. The highest BCUT2D eigenvalue weighted by Crippen LogP contribution is 2.33. The molecular formula is C18H12F2O3. The third kappa shape index (κ3) is 2.66. The Hall–Kier alpha value is -2.79. The van der Waals surface area contributed by atoms with Gasteiger partial charge in [-0.15, -0.1) is 0 Å². The number of hydrogen-bond donors (Lipinski definition) is 2. The van der Waals surface area contributed by atoms with E-state index in [1.807, 2.05) is 0 Å². The number of aliphatic hydroxyl groups excluding tert-OH is 1. The van der Waals surface area contributed by atoms with E-state index in [0.29, 0.717) is 10.8 Å². The van der Waals surface area contributed by atoms with Crippen molar-refractivity contribution in [2.24, 2.45) is 0 Å². The first-order chi connectivity index (χ1) is 11.0.